The molecule has 0 radical (unpaired) electrons. The summed E-state index contributed by atoms with van der Waals surface area (Å²) in [5.74, 6) is 2.19. The lowest BCUT2D eigenvalue weighted by molar-refractivity contribution is 0.166. The van der Waals surface area contributed by atoms with Crippen LogP contribution in [-0.4, -0.2) is 36.3 Å². The van der Waals surface area contributed by atoms with Gasteiger partial charge < -0.3 is 14.7 Å². The van der Waals surface area contributed by atoms with Gasteiger partial charge in [-0.2, -0.15) is 0 Å². The van der Waals surface area contributed by atoms with E-state index in [9.17, 15) is 5.11 Å². The first-order valence-corrected chi connectivity index (χ1v) is 8.85. The van der Waals surface area contributed by atoms with Crippen molar-refractivity contribution in [2.75, 3.05) is 26.1 Å². The van der Waals surface area contributed by atoms with Crippen LogP contribution in [0.2, 0.25) is 0 Å². The highest BCUT2D eigenvalue weighted by atomic mass is 16.5. The Balaban J connectivity index is 2.19. The summed E-state index contributed by atoms with van der Waals surface area (Å²) in [6.45, 7) is 2.07. The summed E-state index contributed by atoms with van der Waals surface area (Å²) in [5.41, 5.74) is 2.60. The second-order valence-electron chi connectivity index (χ2n) is 6.55. The number of hydrogen-bond donors (Lipinski definition) is 1. The van der Waals surface area contributed by atoms with Gasteiger partial charge in [0, 0.05) is 19.5 Å². The fourth-order valence-corrected chi connectivity index (χ4v) is 3.07. The van der Waals surface area contributed by atoms with Gasteiger partial charge in [0.25, 0.3) is 0 Å². The Morgan fingerprint density at radius 2 is 1.88 bits per heavy atom. The first-order chi connectivity index (χ1) is 12.5. The lowest BCUT2D eigenvalue weighted by Gasteiger charge is -2.18. The summed E-state index contributed by atoms with van der Waals surface area (Å²) in [6.07, 6.45) is 1.21. The predicted molar refractivity (Wildman–Crippen MR) is 106 cm³/mol. The zero-order valence-corrected chi connectivity index (χ0v) is 15.7. The molecule has 0 fully saturated rings. The van der Waals surface area contributed by atoms with Gasteiger partial charge in [-0.05, 0) is 36.2 Å². The molecule has 1 aromatic heterocycles. The van der Waals surface area contributed by atoms with Crippen molar-refractivity contribution < 1.29 is 9.84 Å². The molecule has 1 N–H and O–H groups in total. The molecule has 2 aromatic carbocycles. The van der Waals surface area contributed by atoms with Gasteiger partial charge in [0.15, 0.2) is 5.82 Å². The van der Waals surface area contributed by atoms with E-state index >= 15 is 0 Å². The van der Waals surface area contributed by atoms with Gasteiger partial charge in [-0.3, -0.25) is 0 Å². The third-order valence-electron chi connectivity index (χ3n) is 4.42. The summed E-state index contributed by atoms with van der Waals surface area (Å²) in [4.78, 5) is 11.5. The molecule has 0 spiro atoms. The Hall–Kier alpha value is -2.66. The quantitative estimate of drug-likeness (QED) is 0.721. The molecular formula is C21H25N3O2. The predicted octanol–water partition coefficient (Wildman–Crippen LogP) is 4.20. The van der Waals surface area contributed by atoms with Crippen molar-refractivity contribution in [1.29, 1.82) is 0 Å². The third kappa shape index (κ3) is 3.48. The third-order valence-corrected chi connectivity index (χ3v) is 4.42. The van der Waals surface area contributed by atoms with E-state index in [1.807, 2.05) is 61.5 Å². The van der Waals surface area contributed by atoms with Gasteiger partial charge in [-0.1, -0.05) is 31.5 Å². The van der Waals surface area contributed by atoms with E-state index in [4.69, 9.17) is 14.7 Å². The average molecular weight is 351 g/mol. The van der Waals surface area contributed by atoms with Gasteiger partial charge in [0.1, 0.15) is 11.6 Å². The second kappa shape index (κ2) is 7.70. The van der Waals surface area contributed by atoms with Gasteiger partial charge in [-0.25, -0.2) is 9.97 Å². The molecule has 1 atom stereocenters. The highest BCUT2D eigenvalue weighted by molar-refractivity contribution is 5.91. The van der Waals surface area contributed by atoms with Crippen molar-refractivity contribution in [3.63, 3.8) is 0 Å². The first-order valence-electron chi connectivity index (χ1n) is 8.85. The molecule has 0 bridgehead atoms. The molecule has 1 heterocycles. The lowest BCUT2D eigenvalue weighted by atomic mass is 10.0. The second-order valence-corrected chi connectivity index (χ2v) is 6.55. The van der Waals surface area contributed by atoms with Crippen LogP contribution >= 0.6 is 0 Å². The van der Waals surface area contributed by atoms with E-state index in [0.29, 0.717) is 5.82 Å². The highest BCUT2D eigenvalue weighted by Gasteiger charge is 2.16. The number of ether oxygens (including phenoxy) is 1. The minimum absolute atomic E-state index is 0.465. The molecule has 3 rings (SSSR count). The van der Waals surface area contributed by atoms with Gasteiger partial charge in [0.2, 0.25) is 0 Å². The monoisotopic (exact) mass is 351 g/mol. The Bertz CT molecular complexity index is 909. The summed E-state index contributed by atoms with van der Waals surface area (Å²) in [7, 11) is 5.57. The zero-order valence-electron chi connectivity index (χ0n) is 15.7. The minimum Gasteiger partial charge on any atom is -0.496 e. The van der Waals surface area contributed by atoms with Gasteiger partial charge >= 0.3 is 0 Å². The molecule has 0 aliphatic rings. The van der Waals surface area contributed by atoms with Gasteiger partial charge in [-0.15, -0.1) is 0 Å². The Morgan fingerprint density at radius 1 is 1.12 bits per heavy atom. The molecule has 0 aliphatic carbocycles. The number of aromatic nitrogens is 2. The van der Waals surface area contributed by atoms with Crippen molar-refractivity contribution >= 4 is 16.7 Å². The molecule has 136 valence electrons. The number of methoxy groups -OCH3 is 1. The SMILES string of the molecule is CCCC(O)c1ccc2nc(-c3ccccc3OC)nc(N(C)C)c2c1. The number of benzene rings is 2. The van der Waals surface area contributed by atoms with Crippen LogP contribution in [0.4, 0.5) is 5.82 Å². The first kappa shape index (κ1) is 18.1. The summed E-state index contributed by atoms with van der Waals surface area (Å²) in [6, 6.07) is 13.6. The van der Waals surface area contributed by atoms with E-state index in [1.54, 1.807) is 7.11 Å². The molecule has 5 nitrogen and oxygen atoms in total. The highest BCUT2D eigenvalue weighted by Crippen LogP contribution is 2.33. The molecule has 1 unspecified atom stereocenters. The smallest absolute Gasteiger partial charge is 0.165 e. The Morgan fingerprint density at radius 3 is 2.58 bits per heavy atom. The van der Waals surface area contributed by atoms with Crippen LogP contribution in [0.3, 0.4) is 0 Å². The Labute approximate surface area is 154 Å². The van der Waals surface area contributed by atoms with Crippen LogP contribution in [-0.2, 0) is 0 Å². The summed E-state index contributed by atoms with van der Waals surface area (Å²) in [5, 5.41) is 11.3. The standard InChI is InChI=1S/C21H25N3O2/c1-5-8-18(25)14-11-12-17-16(13-14)21(24(2)3)23-20(22-17)15-9-6-7-10-19(15)26-4/h6-7,9-13,18,25H,5,8H2,1-4H3. The number of para-hydroxylation sites is 1. The van der Waals surface area contributed by atoms with Crippen molar-refractivity contribution in [2.45, 2.75) is 25.9 Å². The molecule has 26 heavy (non-hydrogen) atoms. The normalized spacial score (nSPS) is 12.2. The molecule has 0 saturated heterocycles. The fraction of sp³-hybridized carbons (Fsp3) is 0.333. The molecule has 0 saturated carbocycles. The maximum Gasteiger partial charge on any atom is 0.165 e. The average Bonchev–Trinajstić information content (AvgIpc) is 2.66. The van der Waals surface area contributed by atoms with Gasteiger partial charge in [0.05, 0.1) is 24.3 Å². The van der Waals surface area contributed by atoms with Crippen LogP contribution in [0.15, 0.2) is 42.5 Å². The number of hydrogen-bond acceptors (Lipinski definition) is 5. The van der Waals surface area contributed by atoms with Crippen LogP contribution in [0.5, 0.6) is 5.75 Å². The van der Waals surface area contributed by atoms with Crippen molar-refractivity contribution in [3.05, 3.63) is 48.0 Å². The zero-order chi connectivity index (χ0) is 18.7. The molecule has 3 aromatic rings. The topological polar surface area (TPSA) is 58.5 Å². The van der Waals surface area contributed by atoms with E-state index in [2.05, 4.69) is 6.92 Å². The summed E-state index contributed by atoms with van der Waals surface area (Å²) < 4.78 is 5.46. The van der Waals surface area contributed by atoms with E-state index in [1.165, 1.54) is 0 Å². The number of anilines is 1. The molecule has 5 heteroatoms. The Kier molecular flexibility index (Phi) is 5.38. The van der Waals surface area contributed by atoms with Crippen molar-refractivity contribution in [1.82, 2.24) is 9.97 Å². The van der Waals surface area contributed by atoms with Crippen LogP contribution in [0.25, 0.3) is 22.3 Å². The van der Waals surface area contributed by atoms with Crippen LogP contribution in [0, 0.1) is 0 Å². The van der Waals surface area contributed by atoms with Crippen LogP contribution in [0.1, 0.15) is 31.4 Å². The van der Waals surface area contributed by atoms with E-state index in [-0.39, 0.29) is 0 Å². The largest absolute Gasteiger partial charge is 0.496 e. The molecule has 0 amide bonds. The number of rotatable bonds is 6. The molecular weight excluding hydrogens is 326 g/mol. The van der Waals surface area contributed by atoms with E-state index < -0.39 is 6.10 Å². The summed E-state index contributed by atoms with van der Waals surface area (Å²) >= 11 is 0. The fourth-order valence-electron chi connectivity index (χ4n) is 3.07. The lowest BCUT2D eigenvalue weighted by Crippen LogP contribution is -2.13. The maximum atomic E-state index is 10.3. The minimum atomic E-state index is -0.465. The molecule has 0 aliphatic heterocycles. The number of nitrogens with zero attached hydrogens (tertiary/aromatic N) is 3. The number of aliphatic hydroxyl groups excluding tert-OH is 1. The number of aliphatic hydroxyl groups is 1. The van der Waals surface area contributed by atoms with Crippen molar-refractivity contribution in [2.24, 2.45) is 0 Å². The van der Waals surface area contributed by atoms with Crippen molar-refractivity contribution in [3.8, 4) is 17.1 Å². The number of fused-ring (bicyclic) bond motifs is 1. The van der Waals surface area contributed by atoms with E-state index in [0.717, 1.165) is 46.4 Å². The van der Waals surface area contributed by atoms with Crippen LogP contribution < -0.4 is 9.64 Å². The maximum absolute atomic E-state index is 10.3.